The molecule has 0 saturated carbocycles. The van der Waals surface area contributed by atoms with Gasteiger partial charge in [0.25, 0.3) is 0 Å². The molecular formula is C9H14N4S. The van der Waals surface area contributed by atoms with Crippen LogP contribution in [-0.2, 0) is 0 Å². The largest absolute Gasteiger partial charge is 0.351 e. The summed E-state index contributed by atoms with van der Waals surface area (Å²) in [6, 6.07) is 0.219. The van der Waals surface area contributed by atoms with E-state index in [4.69, 9.17) is 5.41 Å². The van der Waals surface area contributed by atoms with Crippen molar-refractivity contribution in [2.75, 3.05) is 6.54 Å². The molecule has 1 aliphatic heterocycles. The van der Waals surface area contributed by atoms with Crippen molar-refractivity contribution in [2.24, 2.45) is 0 Å². The second kappa shape index (κ2) is 3.65. The fourth-order valence-corrected chi connectivity index (χ4v) is 2.50. The van der Waals surface area contributed by atoms with Crippen molar-refractivity contribution in [1.29, 1.82) is 5.41 Å². The van der Waals surface area contributed by atoms with Crippen molar-refractivity contribution >= 4 is 17.2 Å². The van der Waals surface area contributed by atoms with E-state index in [1.54, 1.807) is 11.3 Å². The summed E-state index contributed by atoms with van der Waals surface area (Å²) in [6.45, 7) is 5.04. The summed E-state index contributed by atoms with van der Waals surface area (Å²) in [6.07, 6.45) is 2.00. The fraction of sp³-hybridized carbons (Fsp3) is 0.667. The Balaban J connectivity index is 2.15. The lowest BCUT2D eigenvalue weighted by Crippen LogP contribution is -2.27. The highest BCUT2D eigenvalue weighted by atomic mass is 32.1. The average molecular weight is 210 g/mol. The van der Waals surface area contributed by atoms with Crippen LogP contribution in [0.5, 0.6) is 0 Å². The van der Waals surface area contributed by atoms with Gasteiger partial charge >= 0.3 is 0 Å². The molecule has 14 heavy (non-hydrogen) atoms. The summed E-state index contributed by atoms with van der Waals surface area (Å²) in [5.41, 5.74) is 0. The molecule has 1 saturated heterocycles. The molecule has 76 valence electrons. The lowest BCUT2D eigenvalue weighted by atomic mass is 10.3. The number of aromatic nitrogens is 2. The van der Waals surface area contributed by atoms with Gasteiger partial charge in [-0.15, -0.1) is 10.2 Å². The SMILES string of the molecule is Cc1nnc(C(C)N2CCCC2=N)s1. The van der Waals surface area contributed by atoms with Gasteiger partial charge in [-0.2, -0.15) is 0 Å². The van der Waals surface area contributed by atoms with Gasteiger partial charge in [0.15, 0.2) is 0 Å². The van der Waals surface area contributed by atoms with Crippen LogP contribution >= 0.6 is 11.3 Å². The third-order valence-electron chi connectivity index (χ3n) is 2.53. The maximum absolute atomic E-state index is 7.77. The van der Waals surface area contributed by atoms with Crippen LogP contribution in [0.25, 0.3) is 0 Å². The lowest BCUT2D eigenvalue weighted by Gasteiger charge is -2.23. The molecule has 0 bridgehead atoms. The summed E-state index contributed by atoms with van der Waals surface area (Å²) in [5, 5.41) is 17.9. The van der Waals surface area contributed by atoms with Crippen LogP contribution in [0, 0.1) is 12.3 Å². The molecule has 4 nitrogen and oxygen atoms in total. The molecule has 0 spiro atoms. The lowest BCUT2D eigenvalue weighted by molar-refractivity contribution is 0.359. The van der Waals surface area contributed by atoms with E-state index < -0.39 is 0 Å². The van der Waals surface area contributed by atoms with Crippen LogP contribution in [-0.4, -0.2) is 27.5 Å². The maximum Gasteiger partial charge on any atom is 0.139 e. The Morgan fingerprint density at radius 3 is 2.79 bits per heavy atom. The van der Waals surface area contributed by atoms with Crippen molar-refractivity contribution < 1.29 is 0 Å². The van der Waals surface area contributed by atoms with E-state index in [1.165, 1.54) is 0 Å². The Bertz CT molecular complexity index is 346. The second-order valence-corrected chi connectivity index (χ2v) is 4.79. The molecule has 2 heterocycles. The minimum Gasteiger partial charge on any atom is -0.351 e. The van der Waals surface area contributed by atoms with Crippen molar-refractivity contribution in [1.82, 2.24) is 15.1 Å². The van der Waals surface area contributed by atoms with Gasteiger partial charge in [-0.1, -0.05) is 11.3 Å². The highest BCUT2D eigenvalue weighted by Gasteiger charge is 2.25. The summed E-state index contributed by atoms with van der Waals surface area (Å²) < 4.78 is 0. The first kappa shape index (κ1) is 9.58. The van der Waals surface area contributed by atoms with E-state index >= 15 is 0 Å². The number of aryl methyl sites for hydroxylation is 1. The predicted molar refractivity (Wildman–Crippen MR) is 56.7 cm³/mol. The first-order chi connectivity index (χ1) is 6.68. The number of rotatable bonds is 2. The molecule has 1 N–H and O–H groups in total. The number of likely N-dealkylation sites (tertiary alicyclic amines) is 1. The Kier molecular flexibility index (Phi) is 2.50. The molecule has 5 heteroatoms. The van der Waals surface area contributed by atoms with E-state index in [0.29, 0.717) is 0 Å². The zero-order chi connectivity index (χ0) is 10.1. The van der Waals surface area contributed by atoms with Crippen molar-refractivity contribution in [2.45, 2.75) is 32.7 Å². The van der Waals surface area contributed by atoms with Crippen LogP contribution in [0.15, 0.2) is 0 Å². The molecule has 1 aromatic heterocycles. The van der Waals surface area contributed by atoms with Gasteiger partial charge in [-0.3, -0.25) is 5.41 Å². The van der Waals surface area contributed by atoms with E-state index in [2.05, 4.69) is 22.0 Å². The van der Waals surface area contributed by atoms with Gasteiger partial charge in [0.1, 0.15) is 10.0 Å². The molecule has 1 unspecified atom stereocenters. The van der Waals surface area contributed by atoms with Crippen molar-refractivity contribution in [3.63, 3.8) is 0 Å². The average Bonchev–Trinajstić information content (AvgIpc) is 2.73. The third-order valence-corrected chi connectivity index (χ3v) is 3.53. The van der Waals surface area contributed by atoms with Crippen LogP contribution in [0.1, 0.15) is 35.8 Å². The Morgan fingerprint density at radius 2 is 2.29 bits per heavy atom. The standard InChI is InChI=1S/C9H14N4S/c1-6(9-12-11-7(2)14-9)13-5-3-4-8(13)10/h6,10H,3-5H2,1-2H3. The Hall–Kier alpha value is -0.970. The fourth-order valence-electron chi connectivity index (χ4n) is 1.74. The second-order valence-electron chi connectivity index (χ2n) is 3.58. The number of hydrogen-bond donors (Lipinski definition) is 1. The van der Waals surface area contributed by atoms with E-state index in [-0.39, 0.29) is 6.04 Å². The monoisotopic (exact) mass is 210 g/mol. The summed E-state index contributed by atoms with van der Waals surface area (Å²) >= 11 is 1.62. The maximum atomic E-state index is 7.77. The molecule has 1 aromatic rings. The zero-order valence-corrected chi connectivity index (χ0v) is 9.27. The molecule has 1 aliphatic rings. The smallest absolute Gasteiger partial charge is 0.139 e. The highest BCUT2D eigenvalue weighted by molar-refractivity contribution is 7.11. The quantitative estimate of drug-likeness (QED) is 0.812. The van der Waals surface area contributed by atoms with Crippen LogP contribution in [0.3, 0.4) is 0 Å². The predicted octanol–water partition coefficient (Wildman–Crippen LogP) is 1.98. The summed E-state index contributed by atoms with van der Waals surface area (Å²) in [7, 11) is 0. The minimum atomic E-state index is 0.219. The summed E-state index contributed by atoms with van der Waals surface area (Å²) in [5.74, 6) is 0.741. The van der Waals surface area contributed by atoms with E-state index in [0.717, 1.165) is 35.2 Å². The molecule has 0 amide bonds. The molecule has 0 radical (unpaired) electrons. The highest BCUT2D eigenvalue weighted by Crippen LogP contribution is 2.27. The number of hydrogen-bond acceptors (Lipinski definition) is 4. The zero-order valence-electron chi connectivity index (χ0n) is 8.45. The van der Waals surface area contributed by atoms with Gasteiger partial charge in [0.05, 0.1) is 11.9 Å². The minimum absolute atomic E-state index is 0.219. The number of amidine groups is 1. The molecule has 0 aliphatic carbocycles. The molecule has 1 fully saturated rings. The van der Waals surface area contributed by atoms with Gasteiger partial charge in [-0.05, 0) is 20.3 Å². The topological polar surface area (TPSA) is 52.9 Å². The molecule has 2 rings (SSSR count). The third kappa shape index (κ3) is 1.64. The van der Waals surface area contributed by atoms with E-state index in [1.807, 2.05) is 6.92 Å². The number of nitrogens with zero attached hydrogens (tertiary/aromatic N) is 3. The van der Waals surface area contributed by atoms with Crippen LogP contribution < -0.4 is 0 Å². The van der Waals surface area contributed by atoms with Gasteiger partial charge in [0, 0.05) is 13.0 Å². The number of nitrogens with one attached hydrogen (secondary N) is 1. The Labute approximate surface area is 87.5 Å². The molecule has 1 atom stereocenters. The van der Waals surface area contributed by atoms with Gasteiger partial charge in [-0.25, -0.2) is 0 Å². The normalized spacial score (nSPS) is 19.0. The first-order valence-electron chi connectivity index (χ1n) is 4.82. The Morgan fingerprint density at radius 1 is 1.50 bits per heavy atom. The van der Waals surface area contributed by atoms with Gasteiger partial charge < -0.3 is 4.90 Å². The first-order valence-corrected chi connectivity index (χ1v) is 5.64. The van der Waals surface area contributed by atoms with Crippen LogP contribution in [0.2, 0.25) is 0 Å². The summed E-state index contributed by atoms with van der Waals surface area (Å²) in [4.78, 5) is 2.11. The van der Waals surface area contributed by atoms with E-state index in [9.17, 15) is 0 Å². The van der Waals surface area contributed by atoms with Crippen LogP contribution in [0.4, 0.5) is 0 Å². The molecular weight excluding hydrogens is 196 g/mol. The molecule has 0 aromatic carbocycles. The van der Waals surface area contributed by atoms with Gasteiger partial charge in [0.2, 0.25) is 0 Å². The van der Waals surface area contributed by atoms with Crippen molar-refractivity contribution in [3.05, 3.63) is 10.0 Å². The van der Waals surface area contributed by atoms with Crippen molar-refractivity contribution in [3.8, 4) is 0 Å².